The van der Waals surface area contributed by atoms with Crippen molar-refractivity contribution in [1.82, 2.24) is 19.4 Å². The maximum absolute atomic E-state index is 12.5. The number of aromatic nitrogens is 2. The number of nitrogens with two attached hydrogens (primary N) is 1. The van der Waals surface area contributed by atoms with Crippen molar-refractivity contribution in [2.75, 3.05) is 33.7 Å². The summed E-state index contributed by atoms with van der Waals surface area (Å²) in [6.45, 7) is 3.74. The zero-order valence-electron chi connectivity index (χ0n) is 11.8. The maximum Gasteiger partial charge on any atom is 0.260 e. The molecule has 0 fully saturated rings. The molecule has 19 heavy (non-hydrogen) atoms. The van der Waals surface area contributed by atoms with Crippen molar-refractivity contribution in [3.8, 4) is 0 Å². The van der Waals surface area contributed by atoms with E-state index in [0.29, 0.717) is 18.7 Å². The van der Waals surface area contributed by atoms with Crippen molar-refractivity contribution < 1.29 is 8.42 Å². The summed E-state index contributed by atoms with van der Waals surface area (Å²) in [6.07, 6.45) is 2.24. The predicted molar refractivity (Wildman–Crippen MR) is 74.1 cm³/mol. The van der Waals surface area contributed by atoms with Gasteiger partial charge >= 0.3 is 0 Å². The minimum atomic E-state index is -3.53. The highest BCUT2D eigenvalue weighted by molar-refractivity contribution is 7.89. The molecule has 0 unspecified atom stereocenters. The van der Waals surface area contributed by atoms with Gasteiger partial charge in [-0.3, -0.25) is 5.10 Å². The summed E-state index contributed by atoms with van der Waals surface area (Å²) in [5.41, 5.74) is 6.04. The van der Waals surface area contributed by atoms with Gasteiger partial charge in [-0.1, -0.05) is 6.92 Å². The number of rotatable bonds is 8. The van der Waals surface area contributed by atoms with Gasteiger partial charge in [-0.15, -0.1) is 0 Å². The topological polar surface area (TPSA) is 95.3 Å². The first-order valence-electron chi connectivity index (χ1n) is 6.30. The monoisotopic (exact) mass is 289 g/mol. The molecule has 8 heteroatoms. The SMILES string of the molecule is CCN(CCCN(C)C)S(=O)(=O)c1[nH]ncc1CN. The second-order valence-electron chi connectivity index (χ2n) is 4.58. The van der Waals surface area contributed by atoms with Crippen molar-refractivity contribution >= 4 is 10.0 Å². The Balaban J connectivity index is 2.84. The predicted octanol–water partition coefficient (Wildman–Crippen LogP) is -0.169. The van der Waals surface area contributed by atoms with Gasteiger partial charge in [0.25, 0.3) is 10.0 Å². The average molecular weight is 289 g/mol. The van der Waals surface area contributed by atoms with Crippen molar-refractivity contribution in [3.05, 3.63) is 11.8 Å². The summed E-state index contributed by atoms with van der Waals surface area (Å²) >= 11 is 0. The van der Waals surface area contributed by atoms with Crippen LogP contribution < -0.4 is 5.73 Å². The van der Waals surface area contributed by atoms with E-state index in [0.717, 1.165) is 13.0 Å². The molecule has 0 aliphatic rings. The lowest BCUT2D eigenvalue weighted by molar-refractivity contribution is 0.355. The third-order valence-electron chi connectivity index (χ3n) is 2.86. The number of H-pyrrole nitrogens is 1. The third kappa shape index (κ3) is 4.00. The van der Waals surface area contributed by atoms with Crippen LogP contribution in [0.1, 0.15) is 18.9 Å². The van der Waals surface area contributed by atoms with Crippen LogP contribution in [0.5, 0.6) is 0 Å². The van der Waals surface area contributed by atoms with Crippen LogP contribution in [0.15, 0.2) is 11.2 Å². The van der Waals surface area contributed by atoms with Crippen LogP contribution in [0, 0.1) is 0 Å². The van der Waals surface area contributed by atoms with Crippen LogP contribution in [-0.4, -0.2) is 61.5 Å². The fourth-order valence-corrected chi connectivity index (χ4v) is 3.41. The summed E-state index contributed by atoms with van der Waals surface area (Å²) < 4.78 is 26.4. The van der Waals surface area contributed by atoms with Crippen LogP contribution in [0.25, 0.3) is 0 Å². The highest BCUT2D eigenvalue weighted by Crippen LogP contribution is 2.17. The zero-order chi connectivity index (χ0) is 14.5. The molecular weight excluding hydrogens is 266 g/mol. The third-order valence-corrected chi connectivity index (χ3v) is 4.85. The van der Waals surface area contributed by atoms with Crippen LogP contribution in [0.2, 0.25) is 0 Å². The van der Waals surface area contributed by atoms with E-state index in [-0.39, 0.29) is 11.6 Å². The molecule has 1 rings (SSSR count). The molecule has 0 bridgehead atoms. The van der Waals surface area contributed by atoms with Gasteiger partial charge in [-0.2, -0.15) is 9.40 Å². The Morgan fingerprint density at radius 1 is 1.37 bits per heavy atom. The summed E-state index contributed by atoms with van der Waals surface area (Å²) in [7, 11) is 0.397. The van der Waals surface area contributed by atoms with Crippen LogP contribution in [-0.2, 0) is 16.6 Å². The Labute approximate surface area is 114 Å². The summed E-state index contributed by atoms with van der Waals surface area (Å²) in [6, 6.07) is 0. The Hall–Kier alpha value is -0.960. The van der Waals surface area contributed by atoms with Gasteiger partial charge in [0.05, 0.1) is 6.20 Å². The molecule has 1 aromatic heterocycles. The molecule has 0 aliphatic heterocycles. The second-order valence-corrected chi connectivity index (χ2v) is 6.46. The zero-order valence-corrected chi connectivity index (χ0v) is 12.6. The van der Waals surface area contributed by atoms with Crippen molar-refractivity contribution in [3.63, 3.8) is 0 Å². The maximum atomic E-state index is 12.5. The first-order chi connectivity index (χ1) is 8.93. The molecule has 7 nitrogen and oxygen atoms in total. The lowest BCUT2D eigenvalue weighted by Crippen LogP contribution is -2.34. The molecule has 0 aromatic carbocycles. The van der Waals surface area contributed by atoms with Gasteiger partial charge in [0.1, 0.15) is 0 Å². The molecule has 0 aliphatic carbocycles. The summed E-state index contributed by atoms with van der Waals surface area (Å²) in [5.74, 6) is 0. The van der Waals surface area contributed by atoms with E-state index in [1.807, 2.05) is 25.9 Å². The molecule has 0 atom stereocenters. The standard InChI is InChI=1S/C11H23N5O2S/c1-4-16(7-5-6-15(2)3)19(17,18)11-10(8-12)9-13-14-11/h9H,4-8,12H2,1-3H3,(H,13,14). The van der Waals surface area contributed by atoms with E-state index in [1.54, 1.807) is 0 Å². The van der Waals surface area contributed by atoms with E-state index in [1.165, 1.54) is 10.5 Å². The van der Waals surface area contributed by atoms with Crippen molar-refractivity contribution in [2.45, 2.75) is 24.9 Å². The Kier molecular flexibility index (Phi) is 5.92. The fraction of sp³-hybridized carbons (Fsp3) is 0.727. The van der Waals surface area contributed by atoms with Gasteiger partial charge in [0, 0.05) is 25.2 Å². The Bertz CT molecular complexity index is 483. The number of aromatic amines is 1. The van der Waals surface area contributed by atoms with E-state index in [2.05, 4.69) is 10.2 Å². The number of nitrogens with one attached hydrogen (secondary N) is 1. The first-order valence-corrected chi connectivity index (χ1v) is 7.74. The minimum absolute atomic E-state index is 0.113. The highest BCUT2D eigenvalue weighted by atomic mass is 32.2. The number of hydrogen-bond donors (Lipinski definition) is 2. The van der Waals surface area contributed by atoms with E-state index in [4.69, 9.17) is 5.73 Å². The van der Waals surface area contributed by atoms with Crippen LogP contribution in [0.3, 0.4) is 0 Å². The second kappa shape index (κ2) is 6.99. The molecule has 0 saturated heterocycles. The van der Waals surface area contributed by atoms with E-state index >= 15 is 0 Å². The van der Waals surface area contributed by atoms with E-state index in [9.17, 15) is 8.42 Å². The lowest BCUT2D eigenvalue weighted by atomic mass is 10.4. The summed E-state index contributed by atoms with van der Waals surface area (Å²) in [4.78, 5) is 2.03. The average Bonchev–Trinajstić information content (AvgIpc) is 2.82. The lowest BCUT2D eigenvalue weighted by Gasteiger charge is -2.21. The number of hydrogen-bond acceptors (Lipinski definition) is 5. The van der Waals surface area contributed by atoms with Crippen molar-refractivity contribution in [1.29, 1.82) is 0 Å². The molecule has 1 aromatic rings. The van der Waals surface area contributed by atoms with Gasteiger partial charge in [-0.05, 0) is 27.1 Å². The first kappa shape index (κ1) is 16.1. The van der Waals surface area contributed by atoms with Gasteiger partial charge in [-0.25, -0.2) is 8.42 Å². The molecule has 0 saturated carbocycles. The molecule has 0 amide bonds. The number of sulfonamides is 1. The normalized spacial score (nSPS) is 12.5. The summed E-state index contributed by atoms with van der Waals surface area (Å²) in [5, 5.41) is 6.42. The van der Waals surface area contributed by atoms with Gasteiger partial charge in [0.2, 0.25) is 0 Å². The number of nitrogens with zero attached hydrogens (tertiary/aromatic N) is 3. The Morgan fingerprint density at radius 3 is 2.58 bits per heavy atom. The molecule has 3 N–H and O–H groups in total. The smallest absolute Gasteiger partial charge is 0.260 e. The van der Waals surface area contributed by atoms with Crippen LogP contribution in [0.4, 0.5) is 0 Å². The molecule has 1 heterocycles. The Morgan fingerprint density at radius 2 is 2.05 bits per heavy atom. The fourth-order valence-electron chi connectivity index (χ4n) is 1.81. The molecule has 0 radical (unpaired) electrons. The van der Waals surface area contributed by atoms with Gasteiger partial charge < -0.3 is 10.6 Å². The van der Waals surface area contributed by atoms with Crippen LogP contribution >= 0.6 is 0 Å². The highest BCUT2D eigenvalue weighted by Gasteiger charge is 2.26. The van der Waals surface area contributed by atoms with Crippen molar-refractivity contribution in [2.24, 2.45) is 5.73 Å². The molecular formula is C11H23N5O2S. The minimum Gasteiger partial charge on any atom is -0.326 e. The molecule has 0 spiro atoms. The largest absolute Gasteiger partial charge is 0.326 e. The van der Waals surface area contributed by atoms with E-state index < -0.39 is 10.0 Å². The quantitative estimate of drug-likeness (QED) is 0.693. The van der Waals surface area contributed by atoms with Gasteiger partial charge in [0.15, 0.2) is 5.03 Å². The molecule has 110 valence electrons.